The van der Waals surface area contributed by atoms with Crippen molar-refractivity contribution in [3.8, 4) is 5.75 Å². The van der Waals surface area contributed by atoms with Gasteiger partial charge >= 0.3 is 5.97 Å². The van der Waals surface area contributed by atoms with Crippen molar-refractivity contribution in [3.05, 3.63) is 23.8 Å². The van der Waals surface area contributed by atoms with Gasteiger partial charge in [0.05, 0.1) is 40.3 Å². The fourth-order valence-electron chi connectivity index (χ4n) is 2.75. The molecule has 0 aliphatic heterocycles. The number of nitrogens with zero attached hydrogens (tertiary/aromatic N) is 2. The fraction of sp³-hybridized carbons (Fsp3) is 0.619. The van der Waals surface area contributed by atoms with Crippen molar-refractivity contribution in [2.24, 2.45) is 0 Å². The molecule has 9 heteroatoms. The van der Waals surface area contributed by atoms with Gasteiger partial charge in [-0.15, -0.1) is 0 Å². The number of phenolic OH excluding ortho intramolecular Hbond substituents is 1. The number of hydrogen-bond acceptors (Lipinski definition) is 4. The molecule has 0 spiro atoms. The predicted octanol–water partition coefficient (Wildman–Crippen LogP) is -3.53. The van der Waals surface area contributed by atoms with Crippen LogP contribution in [-0.4, -0.2) is 85.9 Å². The molecule has 1 aromatic rings. The maximum absolute atomic E-state index is 12.3. The molecule has 0 saturated heterocycles. The molecule has 0 aliphatic carbocycles. The predicted molar refractivity (Wildman–Crippen MR) is 111 cm³/mol. The molecule has 0 aliphatic rings. The zero-order valence-corrected chi connectivity index (χ0v) is 23.3. The summed E-state index contributed by atoms with van der Waals surface area (Å²) in [7, 11) is 4.14. The molecule has 0 heterocycles. The van der Waals surface area contributed by atoms with Crippen molar-refractivity contribution in [1.29, 1.82) is 0 Å². The van der Waals surface area contributed by atoms with Gasteiger partial charge in [0.2, 0.25) is 0 Å². The Kier molecular flexibility index (Phi) is 15.1. The van der Waals surface area contributed by atoms with E-state index < -0.39 is 5.97 Å². The highest BCUT2D eigenvalue weighted by molar-refractivity contribution is 5.95. The number of rotatable bonds is 11. The van der Waals surface area contributed by atoms with Gasteiger partial charge in [0.15, 0.2) is 6.54 Å². The van der Waals surface area contributed by atoms with E-state index in [1.807, 2.05) is 20.9 Å². The Morgan fingerprint density at radius 2 is 1.50 bits per heavy atom. The van der Waals surface area contributed by atoms with E-state index in [0.717, 1.165) is 37.2 Å². The van der Waals surface area contributed by atoms with Gasteiger partial charge in [-0.1, -0.05) is 0 Å². The van der Waals surface area contributed by atoms with Gasteiger partial charge in [-0.05, 0) is 39.8 Å². The van der Waals surface area contributed by atoms with Crippen LogP contribution in [0.4, 0.5) is 5.69 Å². The molecule has 0 saturated carbocycles. The average molecular weight is 649 g/mol. The molecule has 30 heavy (non-hydrogen) atoms. The van der Waals surface area contributed by atoms with Crippen LogP contribution in [0, 0.1) is 0 Å². The van der Waals surface area contributed by atoms with Crippen LogP contribution in [0.5, 0.6) is 5.75 Å². The van der Waals surface area contributed by atoms with Gasteiger partial charge in [-0.25, -0.2) is 4.79 Å². The lowest BCUT2D eigenvalue weighted by Gasteiger charge is -2.31. The lowest BCUT2D eigenvalue weighted by molar-refractivity contribution is -0.906. The summed E-state index contributed by atoms with van der Waals surface area (Å²) in [5.41, 5.74) is 0.557. The molecule has 1 rings (SSSR count). The van der Waals surface area contributed by atoms with Crippen molar-refractivity contribution in [1.82, 2.24) is 0 Å². The minimum Gasteiger partial charge on any atom is -1.00 e. The molecule has 0 radical (unpaired) electrons. The topological polar surface area (TPSA) is 75.6 Å². The first-order valence-corrected chi connectivity index (χ1v) is 10.1. The van der Waals surface area contributed by atoms with Crippen LogP contribution in [0.2, 0.25) is 0 Å². The number of amides is 1. The van der Waals surface area contributed by atoms with E-state index in [0.29, 0.717) is 23.3 Å². The summed E-state index contributed by atoms with van der Waals surface area (Å²) in [5, 5.41) is 13.0. The summed E-state index contributed by atoms with van der Waals surface area (Å²) >= 11 is 0. The number of aromatic hydroxyl groups is 1. The van der Waals surface area contributed by atoms with Gasteiger partial charge in [0, 0.05) is 11.8 Å². The zero-order valence-electron chi connectivity index (χ0n) is 19.0. The Labute approximate surface area is 215 Å². The molecular weight excluding hydrogens is 612 g/mol. The van der Waals surface area contributed by atoms with Crippen LogP contribution in [0.1, 0.15) is 38.1 Å². The molecule has 174 valence electrons. The minimum absolute atomic E-state index is 0. The standard InChI is InChI=1S/C21H35N3O4.2HI/c1-7-23(5,8-2)13-14-28-21(27)18-12-11-17(15-19(18)25)22-20(26)16-24(6,9-3)10-4;;/h11-12,15H,7-10,13-14,16H2,1-6H3;2*1H. The fourth-order valence-corrected chi connectivity index (χ4v) is 2.75. The van der Waals surface area contributed by atoms with Crippen molar-refractivity contribution in [3.63, 3.8) is 0 Å². The number of benzene rings is 1. The molecule has 1 aromatic carbocycles. The number of likely N-dealkylation sites (N-methyl/N-ethyl adjacent to an activating group) is 2. The van der Waals surface area contributed by atoms with Crippen molar-refractivity contribution < 1.29 is 76.4 Å². The number of nitrogens with one attached hydrogen (secondary N) is 1. The number of hydrogen-bond donors (Lipinski definition) is 2. The maximum Gasteiger partial charge on any atom is 0.342 e. The smallest absolute Gasteiger partial charge is 0.342 e. The molecule has 2 N–H and O–H groups in total. The Balaban J connectivity index is 0. The number of carbonyl (C=O) groups is 2. The second kappa shape index (κ2) is 14.4. The van der Waals surface area contributed by atoms with Crippen molar-refractivity contribution in [2.45, 2.75) is 27.7 Å². The van der Waals surface area contributed by atoms with E-state index in [1.165, 1.54) is 12.1 Å². The van der Waals surface area contributed by atoms with Crippen LogP contribution >= 0.6 is 0 Å². The summed E-state index contributed by atoms with van der Waals surface area (Å²) in [6, 6.07) is 4.47. The molecular formula is C21H37I2N3O4. The highest BCUT2D eigenvalue weighted by Gasteiger charge is 2.22. The summed E-state index contributed by atoms with van der Waals surface area (Å²) < 4.78 is 6.77. The van der Waals surface area contributed by atoms with Crippen LogP contribution in [0.15, 0.2) is 18.2 Å². The first-order chi connectivity index (χ1) is 13.1. The number of esters is 1. The van der Waals surface area contributed by atoms with Gasteiger partial charge in [-0.2, -0.15) is 0 Å². The molecule has 0 bridgehead atoms. The molecule has 0 unspecified atom stereocenters. The van der Waals surface area contributed by atoms with E-state index in [2.05, 4.69) is 26.2 Å². The van der Waals surface area contributed by atoms with E-state index in [1.54, 1.807) is 6.07 Å². The summed E-state index contributed by atoms with van der Waals surface area (Å²) in [4.78, 5) is 24.5. The third-order valence-electron chi connectivity index (χ3n) is 5.94. The van der Waals surface area contributed by atoms with E-state index in [9.17, 15) is 14.7 Å². The zero-order chi connectivity index (χ0) is 21.4. The minimum atomic E-state index is -0.560. The van der Waals surface area contributed by atoms with Crippen molar-refractivity contribution in [2.75, 3.05) is 65.3 Å². The quantitative estimate of drug-likeness (QED) is 0.148. The van der Waals surface area contributed by atoms with Gasteiger partial charge in [-0.3, -0.25) is 4.79 Å². The summed E-state index contributed by atoms with van der Waals surface area (Å²) in [6.45, 7) is 13.3. The molecule has 1 amide bonds. The van der Waals surface area contributed by atoms with Crippen LogP contribution in [-0.2, 0) is 9.53 Å². The van der Waals surface area contributed by atoms with E-state index in [-0.39, 0.29) is 65.2 Å². The van der Waals surface area contributed by atoms with E-state index >= 15 is 0 Å². The summed E-state index contributed by atoms with van der Waals surface area (Å²) in [5.74, 6) is -0.887. The second-order valence-corrected chi connectivity index (χ2v) is 7.80. The van der Waals surface area contributed by atoms with E-state index in [4.69, 9.17) is 4.74 Å². The number of quaternary nitrogens is 2. The Hall–Kier alpha value is -0.660. The van der Waals surface area contributed by atoms with Gasteiger partial charge in [0.1, 0.15) is 24.5 Å². The van der Waals surface area contributed by atoms with Gasteiger partial charge in [0.25, 0.3) is 5.91 Å². The number of carbonyl (C=O) groups excluding carboxylic acids is 2. The highest BCUT2D eigenvalue weighted by Crippen LogP contribution is 2.23. The molecule has 0 fully saturated rings. The number of anilines is 1. The van der Waals surface area contributed by atoms with Crippen molar-refractivity contribution >= 4 is 17.6 Å². The Morgan fingerprint density at radius 3 is 1.97 bits per heavy atom. The Bertz CT molecular complexity index is 678. The molecule has 0 aromatic heterocycles. The molecule has 7 nitrogen and oxygen atoms in total. The average Bonchev–Trinajstić information content (AvgIpc) is 2.67. The molecule has 0 atom stereocenters. The Morgan fingerprint density at radius 1 is 0.967 bits per heavy atom. The van der Waals surface area contributed by atoms with Crippen LogP contribution in [0.3, 0.4) is 0 Å². The largest absolute Gasteiger partial charge is 1.00 e. The number of halogens is 2. The number of ether oxygens (including phenoxy) is 1. The second-order valence-electron chi connectivity index (χ2n) is 7.80. The lowest BCUT2D eigenvalue weighted by Crippen LogP contribution is -3.00. The van der Waals surface area contributed by atoms with Gasteiger partial charge < -0.3 is 72.1 Å². The lowest BCUT2D eigenvalue weighted by atomic mass is 10.2. The first kappa shape index (κ1) is 31.5. The number of phenols is 1. The van der Waals surface area contributed by atoms with Crippen LogP contribution in [0.25, 0.3) is 0 Å². The SMILES string of the molecule is CC[N+](C)(CC)CCOC(=O)c1ccc(NC(=O)C[N+](C)(CC)CC)cc1O.[I-].[I-]. The highest BCUT2D eigenvalue weighted by atomic mass is 127. The van der Waals surface area contributed by atoms with Crippen LogP contribution < -0.4 is 53.3 Å². The first-order valence-electron chi connectivity index (χ1n) is 10.1. The normalized spacial score (nSPS) is 11.1. The third-order valence-corrected chi connectivity index (χ3v) is 5.94. The third kappa shape index (κ3) is 9.65. The maximum atomic E-state index is 12.3. The monoisotopic (exact) mass is 649 g/mol. The summed E-state index contributed by atoms with van der Waals surface area (Å²) in [6.07, 6.45) is 0.